The van der Waals surface area contributed by atoms with E-state index in [0.29, 0.717) is 34.2 Å². The van der Waals surface area contributed by atoms with Gasteiger partial charge >= 0.3 is 0 Å². The summed E-state index contributed by atoms with van der Waals surface area (Å²) in [4.78, 5) is 10.7. The number of rotatable bonds is 6. The molecule has 0 amide bonds. The number of halogens is 1. The Balaban J connectivity index is 1.67. The molecule has 7 heteroatoms. The Morgan fingerprint density at radius 1 is 1.23 bits per heavy atom. The first-order valence-electron chi connectivity index (χ1n) is 7.89. The molecule has 0 aliphatic carbocycles. The SMILES string of the molecule is Cc1ccc(-c2ccc(/C=N\NCc3ccccc3Cl)o2)cc1[N+](=O)[O-]. The summed E-state index contributed by atoms with van der Waals surface area (Å²) in [5.41, 5.74) is 5.17. The third-order valence-corrected chi connectivity index (χ3v) is 4.20. The fourth-order valence-electron chi connectivity index (χ4n) is 2.42. The smallest absolute Gasteiger partial charge is 0.273 e. The Morgan fingerprint density at radius 3 is 2.81 bits per heavy atom. The molecule has 0 unspecified atom stereocenters. The molecule has 0 aliphatic heterocycles. The summed E-state index contributed by atoms with van der Waals surface area (Å²) in [6.45, 7) is 2.20. The van der Waals surface area contributed by atoms with Gasteiger partial charge in [-0.1, -0.05) is 41.9 Å². The lowest BCUT2D eigenvalue weighted by Crippen LogP contribution is -2.05. The highest BCUT2D eigenvalue weighted by atomic mass is 35.5. The molecule has 0 saturated heterocycles. The Kier molecular flexibility index (Phi) is 5.34. The molecule has 1 aromatic heterocycles. The number of hydrogen-bond acceptors (Lipinski definition) is 5. The van der Waals surface area contributed by atoms with Crippen LogP contribution in [-0.2, 0) is 6.54 Å². The molecule has 3 rings (SSSR count). The van der Waals surface area contributed by atoms with E-state index in [9.17, 15) is 10.1 Å². The van der Waals surface area contributed by atoms with Crippen LogP contribution >= 0.6 is 11.6 Å². The molecule has 3 aromatic rings. The maximum atomic E-state index is 11.1. The lowest BCUT2D eigenvalue weighted by Gasteiger charge is -2.02. The van der Waals surface area contributed by atoms with Crippen LogP contribution in [0.25, 0.3) is 11.3 Å². The van der Waals surface area contributed by atoms with Crippen molar-refractivity contribution >= 4 is 23.5 Å². The molecule has 2 aromatic carbocycles. The van der Waals surface area contributed by atoms with Crippen LogP contribution in [0.3, 0.4) is 0 Å². The van der Waals surface area contributed by atoms with Crippen molar-refractivity contribution in [2.45, 2.75) is 13.5 Å². The monoisotopic (exact) mass is 369 g/mol. The topological polar surface area (TPSA) is 80.7 Å². The Morgan fingerprint density at radius 2 is 2.04 bits per heavy atom. The van der Waals surface area contributed by atoms with E-state index in [0.717, 1.165) is 5.56 Å². The van der Waals surface area contributed by atoms with Crippen molar-refractivity contribution in [1.82, 2.24) is 5.43 Å². The summed E-state index contributed by atoms with van der Waals surface area (Å²) >= 11 is 6.08. The third-order valence-electron chi connectivity index (χ3n) is 3.83. The van der Waals surface area contributed by atoms with Gasteiger partial charge in [-0.25, -0.2) is 0 Å². The number of nitrogens with zero attached hydrogens (tertiary/aromatic N) is 2. The van der Waals surface area contributed by atoms with Crippen molar-refractivity contribution in [3.8, 4) is 11.3 Å². The molecule has 132 valence electrons. The van der Waals surface area contributed by atoms with E-state index in [1.807, 2.05) is 24.3 Å². The quantitative estimate of drug-likeness (QED) is 0.379. The first kappa shape index (κ1) is 17.7. The van der Waals surface area contributed by atoms with Crippen LogP contribution in [0.5, 0.6) is 0 Å². The number of furan rings is 1. The van der Waals surface area contributed by atoms with Gasteiger partial charge in [0.1, 0.15) is 11.5 Å². The Hall–Kier alpha value is -3.12. The zero-order valence-corrected chi connectivity index (χ0v) is 14.7. The molecule has 0 spiro atoms. The zero-order chi connectivity index (χ0) is 18.5. The van der Waals surface area contributed by atoms with Gasteiger partial charge in [-0.3, -0.25) is 10.1 Å². The van der Waals surface area contributed by atoms with Crippen LogP contribution in [0.2, 0.25) is 5.02 Å². The number of nitro groups is 1. The second-order valence-corrected chi connectivity index (χ2v) is 6.05. The number of nitrogens with one attached hydrogen (secondary N) is 1. The second kappa shape index (κ2) is 7.84. The summed E-state index contributed by atoms with van der Waals surface area (Å²) in [5, 5.41) is 15.8. The first-order chi connectivity index (χ1) is 12.5. The number of hydrazone groups is 1. The van der Waals surface area contributed by atoms with E-state index in [1.54, 1.807) is 37.4 Å². The van der Waals surface area contributed by atoms with Crippen molar-refractivity contribution in [2.75, 3.05) is 0 Å². The predicted molar refractivity (Wildman–Crippen MR) is 101 cm³/mol. The minimum absolute atomic E-state index is 0.0653. The predicted octanol–water partition coefficient (Wildman–Crippen LogP) is 4.94. The summed E-state index contributed by atoms with van der Waals surface area (Å²) < 4.78 is 5.68. The van der Waals surface area contributed by atoms with E-state index in [4.69, 9.17) is 16.0 Å². The summed E-state index contributed by atoms with van der Waals surface area (Å²) in [6, 6.07) is 16.0. The standard InChI is InChI=1S/C19H16ClN3O3/c1-13-6-7-14(10-18(13)23(24)25)19-9-8-16(26-19)12-22-21-11-15-4-2-3-5-17(15)20/h2-10,12,21H,11H2,1H3/b22-12-. The van der Waals surface area contributed by atoms with Gasteiger partial charge in [-0.05, 0) is 30.7 Å². The lowest BCUT2D eigenvalue weighted by molar-refractivity contribution is -0.385. The molecule has 0 bridgehead atoms. The highest BCUT2D eigenvalue weighted by Gasteiger charge is 2.13. The van der Waals surface area contributed by atoms with Gasteiger partial charge in [0.15, 0.2) is 0 Å². The summed E-state index contributed by atoms with van der Waals surface area (Å²) in [6.07, 6.45) is 1.54. The molecule has 0 aliphatic rings. The van der Waals surface area contributed by atoms with Gasteiger partial charge in [-0.15, -0.1) is 0 Å². The van der Waals surface area contributed by atoms with E-state index in [-0.39, 0.29) is 5.69 Å². The molecule has 0 radical (unpaired) electrons. The van der Waals surface area contributed by atoms with Crippen LogP contribution < -0.4 is 5.43 Å². The fraction of sp³-hybridized carbons (Fsp3) is 0.105. The minimum atomic E-state index is -0.400. The van der Waals surface area contributed by atoms with Crippen LogP contribution in [0.4, 0.5) is 5.69 Å². The van der Waals surface area contributed by atoms with Crippen molar-refractivity contribution in [3.05, 3.63) is 86.6 Å². The average Bonchev–Trinajstić information content (AvgIpc) is 3.09. The molecule has 1 heterocycles. The van der Waals surface area contributed by atoms with Crippen LogP contribution in [-0.4, -0.2) is 11.1 Å². The highest BCUT2D eigenvalue weighted by Crippen LogP contribution is 2.27. The van der Waals surface area contributed by atoms with Crippen LogP contribution in [0.1, 0.15) is 16.9 Å². The fourth-order valence-corrected chi connectivity index (χ4v) is 2.62. The Bertz CT molecular complexity index is 966. The first-order valence-corrected chi connectivity index (χ1v) is 8.27. The van der Waals surface area contributed by atoms with Gasteiger partial charge < -0.3 is 9.84 Å². The third kappa shape index (κ3) is 4.10. The van der Waals surface area contributed by atoms with Gasteiger partial charge in [0.2, 0.25) is 0 Å². The van der Waals surface area contributed by atoms with Crippen LogP contribution in [0, 0.1) is 17.0 Å². The molecule has 1 N–H and O–H groups in total. The van der Waals surface area contributed by atoms with Crippen molar-refractivity contribution in [2.24, 2.45) is 5.10 Å². The number of aryl methyl sites for hydroxylation is 1. The average molecular weight is 370 g/mol. The van der Waals surface area contributed by atoms with Gasteiger partial charge in [0, 0.05) is 22.2 Å². The van der Waals surface area contributed by atoms with Crippen LogP contribution in [0.15, 0.2) is 64.1 Å². The van der Waals surface area contributed by atoms with Gasteiger partial charge in [0.25, 0.3) is 5.69 Å². The van der Waals surface area contributed by atoms with Crippen molar-refractivity contribution < 1.29 is 9.34 Å². The molecule has 0 atom stereocenters. The van der Waals surface area contributed by atoms with Gasteiger partial charge in [-0.2, -0.15) is 5.10 Å². The number of nitro benzene ring substituents is 1. The molecule has 6 nitrogen and oxygen atoms in total. The molecule has 0 fully saturated rings. The zero-order valence-electron chi connectivity index (χ0n) is 14.0. The van der Waals surface area contributed by atoms with E-state index in [2.05, 4.69) is 10.5 Å². The minimum Gasteiger partial charge on any atom is -0.455 e. The Labute approximate surface area is 155 Å². The van der Waals surface area contributed by atoms with Crippen molar-refractivity contribution in [3.63, 3.8) is 0 Å². The molecular weight excluding hydrogens is 354 g/mol. The summed E-state index contributed by atoms with van der Waals surface area (Å²) in [7, 11) is 0. The second-order valence-electron chi connectivity index (χ2n) is 5.64. The van der Waals surface area contributed by atoms with E-state index >= 15 is 0 Å². The van der Waals surface area contributed by atoms with E-state index < -0.39 is 4.92 Å². The number of benzene rings is 2. The van der Waals surface area contributed by atoms with Gasteiger partial charge in [0.05, 0.1) is 17.7 Å². The summed E-state index contributed by atoms with van der Waals surface area (Å²) in [5.74, 6) is 1.08. The maximum Gasteiger partial charge on any atom is 0.273 e. The van der Waals surface area contributed by atoms with Crippen molar-refractivity contribution in [1.29, 1.82) is 0 Å². The number of hydrogen-bond donors (Lipinski definition) is 1. The molecule has 26 heavy (non-hydrogen) atoms. The normalized spacial score (nSPS) is 11.0. The lowest BCUT2D eigenvalue weighted by atomic mass is 10.1. The maximum absolute atomic E-state index is 11.1. The largest absolute Gasteiger partial charge is 0.455 e. The molecule has 0 saturated carbocycles. The molecular formula is C19H16ClN3O3. The highest BCUT2D eigenvalue weighted by molar-refractivity contribution is 6.31. The van der Waals surface area contributed by atoms with E-state index in [1.165, 1.54) is 6.07 Å².